The number of carboxylic acid groups (broad SMARTS) is 1. The maximum Gasteiger partial charge on any atom is 0.337 e. The van der Waals surface area contributed by atoms with Gasteiger partial charge < -0.3 is 10.4 Å². The molecule has 3 aromatic rings. The van der Waals surface area contributed by atoms with Gasteiger partial charge in [-0.25, -0.2) is 4.79 Å². The van der Waals surface area contributed by atoms with E-state index in [0.717, 1.165) is 16.7 Å². The van der Waals surface area contributed by atoms with Crippen molar-refractivity contribution in [3.63, 3.8) is 0 Å². The first-order valence-electron chi connectivity index (χ1n) is 8.52. The molecule has 0 atom stereocenters. The molecular weight excluding hydrogens is 338 g/mol. The first kappa shape index (κ1) is 18.1. The molecule has 4 heteroatoms. The second kappa shape index (κ2) is 8.15. The van der Waals surface area contributed by atoms with Gasteiger partial charge in [0.25, 0.3) is 5.91 Å². The highest BCUT2D eigenvalue weighted by atomic mass is 16.4. The van der Waals surface area contributed by atoms with Gasteiger partial charge in [0.15, 0.2) is 0 Å². The summed E-state index contributed by atoms with van der Waals surface area (Å²) in [5.74, 6) is -1.44. The summed E-state index contributed by atoms with van der Waals surface area (Å²) in [6.07, 6.45) is 3.86. The molecular formula is C23H19NO3. The fraction of sp³-hybridized carbons (Fsp3) is 0.0435. The Balaban J connectivity index is 1.90. The van der Waals surface area contributed by atoms with E-state index in [-0.39, 0.29) is 17.2 Å². The van der Waals surface area contributed by atoms with Crippen molar-refractivity contribution in [3.05, 3.63) is 101 Å². The van der Waals surface area contributed by atoms with Crippen LogP contribution in [0.3, 0.4) is 0 Å². The van der Waals surface area contributed by atoms with Crippen LogP contribution in [-0.4, -0.2) is 17.0 Å². The average Bonchev–Trinajstić information content (AvgIpc) is 2.68. The van der Waals surface area contributed by atoms with Gasteiger partial charge in [-0.05, 0) is 47.9 Å². The maximum absolute atomic E-state index is 12.4. The predicted molar refractivity (Wildman–Crippen MR) is 108 cm³/mol. The van der Waals surface area contributed by atoms with Gasteiger partial charge in [0, 0.05) is 5.56 Å². The Hall–Kier alpha value is -3.66. The van der Waals surface area contributed by atoms with Gasteiger partial charge in [0.2, 0.25) is 0 Å². The number of benzene rings is 3. The van der Waals surface area contributed by atoms with Gasteiger partial charge in [-0.15, -0.1) is 0 Å². The summed E-state index contributed by atoms with van der Waals surface area (Å²) >= 11 is 0. The van der Waals surface area contributed by atoms with E-state index in [4.69, 9.17) is 0 Å². The van der Waals surface area contributed by atoms with Gasteiger partial charge in [-0.3, -0.25) is 4.79 Å². The third-order valence-corrected chi connectivity index (χ3v) is 4.20. The van der Waals surface area contributed by atoms with E-state index in [9.17, 15) is 14.7 Å². The van der Waals surface area contributed by atoms with Gasteiger partial charge in [0.05, 0.1) is 11.3 Å². The molecule has 0 saturated heterocycles. The van der Waals surface area contributed by atoms with Crippen molar-refractivity contribution in [1.82, 2.24) is 0 Å². The van der Waals surface area contributed by atoms with Crippen molar-refractivity contribution < 1.29 is 14.7 Å². The SMILES string of the molecule is Cc1ccccc1C=Cc1ccc(C(=O)O)c(NC(=O)c2ccccc2)c1. The highest BCUT2D eigenvalue weighted by Gasteiger charge is 2.14. The number of rotatable bonds is 5. The number of carbonyl (C=O) groups excluding carboxylic acids is 1. The molecule has 2 N–H and O–H groups in total. The number of hydrogen-bond donors (Lipinski definition) is 2. The van der Waals surface area contributed by atoms with Gasteiger partial charge in [-0.2, -0.15) is 0 Å². The van der Waals surface area contributed by atoms with E-state index in [1.165, 1.54) is 6.07 Å². The average molecular weight is 357 g/mol. The number of aryl methyl sites for hydroxylation is 1. The summed E-state index contributed by atoms with van der Waals surface area (Å²) in [4.78, 5) is 23.9. The Morgan fingerprint density at radius 1 is 0.889 bits per heavy atom. The molecule has 134 valence electrons. The standard InChI is InChI=1S/C23H19NO3/c1-16-7-5-6-8-18(16)13-11-17-12-14-20(23(26)27)21(15-17)24-22(25)19-9-3-2-4-10-19/h2-15H,1H3,(H,24,25)(H,26,27). The Morgan fingerprint density at radius 2 is 1.59 bits per heavy atom. The van der Waals surface area contributed by atoms with Crippen molar-refractivity contribution in [3.8, 4) is 0 Å². The highest BCUT2D eigenvalue weighted by molar-refractivity contribution is 6.08. The van der Waals surface area contributed by atoms with Crippen LogP contribution in [0, 0.1) is 6.92 Å². The fourth-order valence-electron chi connectivity index (χ4n) is 2.70. The molecule has 1 amide bonds. The van der Waals surface area contributed by atoms with Crippen LogP contribution >= 0.6 is 0 Å². The molecule has 0 spiro atoms. The fourth-order valence-corrected chi connectivity index (χ4v) is 2.70. The van der Waals surface area contributed by atoms with Crippen molar-refractivity contribution in [2.45, 2.75) is 6.92 Å². The minimum Gasteiger partial charge on any atom is -0.478 e. The number of anilines is 1. The van der Waals surface area contributed by atoms with E-state index >= 15 is 0 Å². The summed E-state index contributed by atoms with van der Waals surface area (Å²) in [5, 5.41) is 12.1. The van der Waals surface area contributed by atoms with Crippen LogP contribution in [0.5, 0.6) is 0 Å². The largest absolute Gasteiger partial charge is 0.478 e. The van der Waals surface area contributed by atoms with Crippen LogP contribution in [0.1, 0.15) is 37.4 Å². The zero-order valence-electron chi connectivity index (χ0n) is 14.8. The zero-order valence-corrected chi connectivity index (χ0v) is 14.8. The lowest BCUT2D eigenvalue weighted by atomic mass is 10.0. The van der Waals surface area contributed by atoms with E-state index in [2.05, 4.69) is 5.32 Å². The molecule has 0 unspecified atom stereocenters. The number of nitrogens with one attached hydrogen (secondary N) is 1. The third kappa shape index (κ3) is 4.50. The Kier molecular flexibility index (Phi) is 5.47. The zero-order chi connectivity index (χ0) is 19.2. The number of aromatic carboxylic acids is 1. The number of carboxylic acids is 1. The molecule has 0 bridgehead atoms. The molecule has 3 rings (SSSR count). The molecule has 0 radical (unpaired) electrons. The van der Waals surface area contributed by atoms with E-state index < -0.39 is 5.97 Å². The van der Waals surface area contributed by atoms with Gasteiger partial charge in [0.1, 0.15) is 0 Å². The number of carbonyl (C=O) groups is 2. The maximum atomic E-state index is 12.4. The molecule has 0 aromatic heterocycles. The molecule has 0 fully saturated rings. The van der Waals surface area contributed by atoms with Crippen LogP contribution in [0.15, 0.2) is 72.8 Å². The molecule has 0 saturated carbocycles. The van der Waals surface area contributed by atoms with Crippen molar-refractivity contribution >= 4 is 29.7 Å². The molecule has 4 nitrogen and oxygen atoms in total. The molecule has 0 heterocycles. The molecule has 27 heavy (non-hydrogen) atoms. The Bertz CT molecular complexity index is 1010. The van der Waals surface area contributed by atoms with Crippen molar-refractivity contribution in [2.24, 2.45) is 0 Å². The lowest BCUT2D eigenvalue weighted by molar-refractivity contribution is 0.0698. The lowest BCUT2D eigenvalue weighted by Crippen LogP contribution is -2.14. The smallest absolute Gasteiger partial charge is 0.337 e. The lowest BCUT2D eigenvalue weighted by Gasteiger charge is -2.10. The normalized spacial score (nSPS) is 10.7. The summed E-state index contributed by atoms with van der Waals surface area (Å²) in [6.45, 7) is 2.03. The summed E-state index contributed by atoms with van der Waals surface area (Å²) < 4.78 is 0. The van der Waals surface area contributed by atoms with Crippen LogP contribution in [0.2, 0.25) is 0 Å². The van der Waals surface area contributed by atoms with E-state index in [0.29, 0.717) is 5.56 Å². The molecule has 0 aliphatic carbocycles. The number of amides is 1. The Labute approximate surface area is 157 Å². The molecule has 0 aliphatic rings. The third-order valence-electron chi connectivity index (χ3n) is 4.20. The minimum absolute atomic E-state index is 0.0484. The first-order chi connectivity index (χ1) is 13.0. The monoisotopic (exact) mass is 357 g/mol. The second-order valence-electron chi connectivity index (χ2n) is 6.12. The quantitative estimate of drug-likeness (QED) is 0.623. The van der Waals surface area contributed by atoms with Crippen LogP contribution in [0.25, 0.3) is 12.2 Å². The second-order valence-corrected chi connectivity index (χ2v) is 6.12. The van der Waals surface area contributed by atoms with Gasteiger partial charge >= 0.3 is 5.97 Å². The van der Waals surface area contributed by atoms with Crippen molar-refractivity contribution in [2.75, 3.05) is 5.32 Å². The van der Waals surface area contributed by atoms with Crippen LogP contribution in [0.4, 0.5) is 5.69 Å². The molecule has 3 aromatic carbocycles. The van der Waals surface area contributed by atoms with Crippen molar-refractivity contribution in [1.29, 1.82) is 0 Å². The minimum atomic E-state index is -1.09. The topological polar surface area (TPSA) is 66.4 Å². The summed E-state index contributed by atoms with van der Waals surface area (Å²) in [6, 6.07) is 21.6. The highest BCUT2D eigenvalue weighted by Crippen LogP contribution is 2.21. The summed E-state index contributed by atoms with van der Waals surface area (Å²) in [7, 11) is 0. The van der Waals surface area contributed by atoms with E-state index in [1.807, 2.05) is 49.4 Å². The van der Waals surface area contributed by atoms with Crippen LogP contribution in [-0.2, 0) is 0 Å². The van der Waals surface area contributed by atoms with Gasteiger partial charge in [-0.1, -0.05) is 60.7 Å². The van der Waals surface area contributed by atoms with E-state index in [1.54, 1.807) is 36.4 Å². The van der Waals surface area contributed by atoms with Crippen LogP contribution < -0.4 is 5.32 Å². The molecule has 0 aliphatic heterocycles. The number of hydrogen-bond acceptors (Lipinski definition) is 2. The first-order valence-corrected chi connectivity index (χ1v) is 8.52. The Morgan fingerprint density at radius 3 is 2.30 bits per heavy atom. The summed E-state index contributed by atoms with van der Waals surface area (Å²) in [5.41, 5.74) is 3.81. The predicted octanol–water partition coefficient (Wildman–Crippen LogP) is 5.12.